The molecule has 9 nitrogen and oxygen atoms in total. The summed E-state index contributed by atoms with van der Waals surface area (Å²) in [7, 11) is 1.65. The van der Waals surface area contributed by atoms with Crippen molar-refractivity contribution in [2.45, 2.75) is 37.3 Å². The van der Waals surface area contributed by atoms with E-state index in [1.54, 1.807) is 7.05 Å². The van der Waals surface area contributed by atoms with Crippen LogP contribution in [-0.2, 0) is 11.3 Å². The second-order valence-corrected chi connectivity index (χ2v) is 5.30. The van der Waals surface area contributed by atoms with Crippen molar-refractivity contribution in [2.24, 2.45) is 0 Å². The van der Waals surface area contributed by atoms with E-state index in [-0.39, 0.29) is 23.8 Å². The molecular formula is C14H21NO8. The first-order chi connectivity index (χ1) is 10.9. The van der Waals surface area contributed by atoms with Gasteiger partial charge < -0.3 is 45.4 Å². The second-order valence-electron chi connectivity index (χ2n) is 5.30. The van der Waals surface area contributed by atoms with Gasteiger partial charge in [0, 0.05) is 18.2 Å². The molecule has 0 saturated carbocycles. The largest absolute Gasteiger partial charge is 0.508 e. The number of hydrogen-bond donors (Lipinski definition) is 7. The smallest absolute Gasteiger partial charge is 0.229 e. The van der Waals surface area contributed by atoms with Gasteiger partial charge in [-0.1, -0.05) is 0 Å². The van der Waals surface area contributed by atoms with Crippen molar-refractivity contribution in [1.29, 1.82) is 0 Å². The number of hydrogen-bond acceptors (Lipinski definition) is 9. The number of phenolic OH excluding ortho intramolecular Hbond substituents is 2. The highest BCUT2D eigenvalue weighted by atomic mass is 16.7. The summed E-state index contributed by atoms with van der Waals surface area (Å²) in [6.07, 6.45) is -7.28. The Labute approximate surface area is 132 Å². The van der Waals surface area contributed by atoms with Gasteiger partial charge in [-0.3, -0.25) is 0 Å². The topological polar surface area (TPSA) is 152 Å². The van der Waals surface area contributed by atoms with Crippen molar-refractivity contribution in [3.05, 3.63) is 17.7 Å². The lowest BCUT2D eigenvalue weighted by Crippen LogP contribution is -2.60. The summed E-state index contributed by atoms with van der Waals surface area (Å²) in [5, 5.41) is 61.1. The maximum absolute atomic E-state index is 10.1. The van der Waals surface area contributed by atoms with Crippen LogP contribution in [0.25, 0.3) is 0 Å². The SMILES string of the molecule is CNCc1cc(O)cc(OC2OC(CO)C(O)C(O)C2O)c1O. The zero-order valence-corrected chi connectivity index (χ0v) is 12.5. The van der Waals surface area contributed by atoms with E-state index in [2.05, 4.69) is 5.32 Å². The quantitative estimate of drug-likeness (QED) is 0.304. The predicted octanol–water partition coefficient (Wildman–Crippen LogP) is -2.00. The number of ether oxygens (including phenoxy) is 2. The monoisotopic (exact) mass is 331 g/mol. The Hall–Kier alpha value is -1.62. The highest BCUT2D eigenvalue weighted by Gasteiger charge is 2.45. The number of nitrogens with one attached hydrogen (secondary N) is 1. The van der Waals surface area contributed by atoms with Crippen molar-refractivity contribution in [2.75, 3.05) is 13.7 Å². The third-order valence-electron chi connectivity index (χ3n) is 3.60. The van der Waals surface area contributed by atoms with Crippen molar-refractivity contribution in [3.63, 3.8) is 0 Å². The van der Waals surface area contributed by atoms with Crippen LogP contribution in [-0.4, -0.2) is 75.0 Å². The molecule has 5 atom stereocenters. The molecule has 23 heavy (non-hydrogen) atoms. The third-order valence-corrected chi connectivity index (χ3v) is 3.60. The maximum Gasteiger partial charge on any atom is 0.229 e. The molecule has 1 fully saturated rings. The number of phenols is 2. The Morgan fingerprint density at radius 2 is 1.83 bits per heavy atom. The van der Waals surface area contributed by atoms with Gasteiger partial charge in [0.2, 0.25) is 6.29 Å². The van der Waals surface area contributed by atoms with Crippen LogP contribution in [0.1, 0.15) is 5.56 Å². The van der Waals surface area contributed by atoms with E-state index in [1.807, 2.05) is 0 Å². The van der Waals surface area contributed by atoms with Gasteiger partial charge in [0.05, 0.1) is 6.61 Å². The minimum absolute atomic E-state index is 0.167. The Balaban J connectivity index is 2.24. The summed E-state index contributed by atoms with van der Waals surface area (Å²) < 4.78 is 10.5. The van der Waals surface area contributed by atoms with Gasteiger partial charge in [-0.2, -0.15) is 0 Å². The minimum atomic E-state index is -1.61. The summed E-state index contributed by atoms with van der Waals surface area (Å²) >= 11 is 0. The zero-order chi connectivity index (χ0) is 17.1. The van der Waals surface area contributed by atoms with Gasteiger partial charge in [-0.05, 0) is 13.1 Å². The molecular weight excluding hydrogens is 310 g/mol. The average molecular weight is 331 g/mol. The average Bonchev–Trinajstić information content (AvgIpc) is 2.52. The molecule has 0 aliphatic carbocycles. The van der Waals surface area contributed by atoms with E-state index >= 15 is 0 Å². The van der Waals surface area contributed by atoms with Gasteiger partial charge in [0.1, 0.15) is 30.2 Å². The fourth-order valence-corrected chi connectivity index (χ4v) is 2.35. The van der Waals surface area contributed by atoms with Crippen LogP contribution in [0.2, 0.25) is 0 Å². The molecule has 7 N–H and O–H groups in total. The van der Waals surface area contributed by atoms with Gasteiger partial charge in [-0.15, -0.1) is 0 Å². The number of aromatic hydroxyl groups is 2. The first kappa shape index (κ1) is 17.7. The van der Waals surface area contributed by atoms with Crippen LogP contribution in [0.5, 0.6) is 17.2 Å². The highest BCUT2D eigenvalue weighted by Crippen LogP contribution is 2.36. The second kappa shape index (κ2) is 7.30. The van der Waals surface area contributed by atoms with Crippen LogP contribution >= 0.6 is 0 Å². The molecule has 0 radical (unpaired) electrons. The van der Waals surface area contributed by atoms with Gasteiger partial charge in [-0.25, -0.2) is 0 Å². The van der Waals surface area contributed by atoms with Gasteiger partial charge >= 0.3 is 0 Å². The molecule has 1 aliphatic heterocycles. The molecule has 1 aliphatic rings. The number of benzene rings is 1. The molecule has 2 rings (SSSR count). The predicted molar refractivity (Wildman–Crippen MR) is 76.9 cm³/mol. The van der Waals surface area contributed by atoms with E-state index in [9.17, 15) is 25.5 Å². The van der Waals surface area contributed by atoms with E-state index < -0.39 is 37.3 Å². The molecule has 5 unspecified atom stereocenters. The molecule has 0 spiro atoms. The summed E-state index contributed by atoms with van der Waals surface area (Å²) in [6, 6.07) is 2.46. The lowest BCUT2D eigenvalue weighted by Gasteiger charge is -2.39. The summed E-state index contributed by atoms with van der Waals surface area (Å²) in [6.45, 7) is -0.340. The van der Waals surface area contributed by atoms with Crippen molar-refractivity contribution in [3.8, 4) is 17.2 Å². The van der Waals surface area contributed by atoms with E-state index in [0.29, 0.717) is 5.56 Å². The Kier molecular flexibility index (Phi) is 5.63. The van der Waals surface area contributed by atoms with Crippen LogP contribution in [0.15, 0.2) is 12.1 Å². The molecule has 0 aromatic heterocycles. The third kappa shape index (κ3) is 3.66. The van der Waals surface area contributed by atoms with Crippen molar-refractivity contribution in [1.82, 2.24) is 5.32 Å². The summed E-state index contributed by atoms with van der Waals surface area (Å²) in [5.41, 5.74) is 0.354. The molecule has 130 valence electrons. The molecule has 1 heterocycles. The number of rotatable bonds is 5. The van der Waals surface area contributed by atoms with Crippen molar-refractivity contribution >= 4 is 0 Å². The van der Waals surface area contributed by atoms with Crippen LogP contribution < -0.4 is 10.1 Å². The van der Waals surface area contributed by atoms with E-state index in [0.717, 1.165) is 6.07 Å². The lowest BCUT2D eigenvalue weighted by atomic mass is 9.99. The van der Waals surface area contributed by atoms with Gasteiger partial charge in [0.15, 0.2) is 11.5 Å². The molecule has 9 heteroatoms. The van der Waals surface area contributed by atoms with Crippen LogP contribution in [0, 0.1) is 0 Å². The first-order valence-electron chi connectivity index (χ1n) is 7.05. The van der Waals surface area contributed by atoms with E-state index in [4.69, 9.17) is 14.6 Å². The van der Waals surface area contributed by atoms with Crippen molar-refractivity contribution < 1.29 is 40.1 Å². The summed E-state index contributed by atoms with van der Waals surface area (Å²) in [5.74, 6) is -0.610. The van der Waals surface area contributed by atoms with Gasteiger partial charge in [0.25, 0.3) is 0 Å². The fraction of sp³-hybridized carbons (Fsp3) is 0.571. The fourth-order valence-electron chi connectivity index (χ4n) is 2.35. The highest BCUT2D eigenvalue weighted by molar-refractivity contribution is 5.50. The first-order valence-corrected chi connectivity index (χ1v) is 7.05. The normalized spacial score (nSPS) is 31.1. The lowest BCUT2D eigenvalue weighted by molar-refractivity contribution is -0.277. The Bertz CT molecular complexity index is 538. The molecule has 0 bridgehead atoms. The van der Waals surface area contributed by atoms with Crippen LogP contribution in [0.3, 0.4) is 0 Å². The molecule has 1 aromatic carbocycles. The summed E-state index contributed by atoms with van der Waals surface area (Å²) in [4.78, 5) is 0. The maximum atomic E-state index is 10.1. The molecule has 1 aromatic rings. The Morgan fingerprint density at radius 3 is 2.43 bits per heavy atom. The Morgan fingerprint density at radius 1 is 1.13 bits per heavy atom. The molecule has 1 saturated heterocycles. The van der Waals surface area contributed by atoms with Crippen LogP contribution in [0.4, 0.5) is 0 Å². The van der Waals surface area contributed by atoms with E-state index in [1.165, 1.54) is 6.07 Å². The minimum Gasteiger partial charge on any atom is -0.508 e. The molecule has 0 amide bonds. The zero-order valence-electron chi connectivity index (χ0n) is 12.5. The standard InChI is InChI=1S/C14H21NO8/c1-15-4-6-2-7(17)3-8(10(6)18)22-14-13(21)12(20)11(19)9(5-16)23-14/h2-3,9,11-21H,4-5H2,1H3. The number of aliphatic hydroxyl groups is 4. The number of aliphatic hydroxyl groups excluding tert-OH is 4.